The predicted octanol–water partition coefficient (Wildman–Crippen LogP) is 15.0. The van der Waals surface area contributed by atoms with Gasteiger partial charge in [0.25, 0.3) is 0 Å². The van der Waals surface area contributed by atoms with Crippen molar-refractivity contribution >= 4 is 50.6 Å². The average Bonchev–Trinajstić information content (AvgIpc) is 3.66. The van der Waals surface area contributed by atoms with Crippen LogP contribution in [0.4, 0.5) is 17.1 Å². The molecular weight excluding hydrogens is 733 g/mol. The summed E-state index contributed by atoms with van der Waals surface area (Å²) in [7, 11) is 0. The zero-order valence-electron chi connectivity index (χ0n) is 32.7. The molecule has 1 aliphatic heterocycles. The van der Waals surface area contributed by atoms with Gasteiger partial charge in [-0.1, -0.05) is 164 Å². The number of para-hydroxylation sites is 5. The van der Waals surface area contributed by atoms with E-state index in [9.17, 15) is 0 Å². The topological polar surface area (TPSA) is 8.17 Å². The van der Waals surface area contributed by atoms with E-state index in [4.69, 9.17) is 0 Å². The van der Waals surface area contributed by atoms with Crippen molar-refractivity contribution in [2.45, 2.75) is 10.3 Å². The van der Waals surface area contributed by atoms with Gasteiger partial charge in [0.15, 0.2) is 0 Å². The number of rotatable bonds is 8. The maximum atomic E-state index is 2.51. The Hall–Kier alpha value is -7.07. The quantitative estimate of drug-likeness (QED) is 0.142. The standard InChI is InChI=1S/C56H40N2S/c1-59-54-29-13-10-25-50(54)56(49-24-9-12-28-53(49)58-52-27-11-8-22-47(52)48-23-15-26-51(56)55(48)58)43-17-14-16-42(38-43)41-32-30-39(31-33-41)40-34-36-46(37-35-40)57(44-18-4-2-5-19-44)45-20-6-3-7-21-45/h2-38H,1H3. The van der Waals surface area contributed by atoms with Gasteiger partial charge in [-0.25, -0.2) is 0 Å². The molecule has 0 saturated heterocycles. The summed E-state index contributed by atoms with van der Waals surface area (Å²) in [6.45, 7) is 0. The summed E-state index contributed by atoms with van der Waals surface area (Å²) in [5, 5.41) is 2.56. The Kier molecular flexibility index (Phi) is 8.57. The lowest BCUT2D eigenvalue weighted by Crippen LogP contribution is -2.36. The maximum Gasteiger partial charge on any atom is 0.0753 e. The lowest BCUT2D eigenvalue weighted by Gasteiger charge is -2.42. The highest BCUT2D eigenvalue weighted by atomic mass is 32.2. The number of nitrogens with zero attached hydrogens (tertiary/aromatic N) is 2. The van der Waals surface area contributed by atoms with Crippen molar-refractivity contribution in [3.8, 4) is 27.9 Å². The van der Waals surface area contributed by atoms with Crippen LogP contribution in [0.3, 0.4) is 0 Å². The van der Waals surface area contributed by atoms with E-state index in [1.54, 1.807) is 0 Å². The third kappa shape index (κ3) is 5.57. The number of hydrogen-bond acceptors (Lipinski definition) is 2. The summed E-state index contributed by atoms with van der Waals surface area (Å²) >= 11 is 1.82. The normalized spacial score (nSPS) is 14.3. The van der Waals surface area contributed by atoms with Gasteiger partial charge in [-0.2, -0.15) is 0 Å². The minimum atomic E-state index is -0.564. The SMILES string of the molecule is CSc1ccccc1C1(c2cccc(-c3ccc(-c4ccc(N(c5ccccc5)c5ccccc5)cc4)cc3)c2)c2ccccc2-n2c3ccccc3c3cccc1c32. The molecule has 10 aromatic rings. The lowest BCUT2D eigenvalue weighted by molar-refractivity contribution is 0.712. The first-order chi connectivity index (χ1) is 29.2. The number of benzene rings is 9. The van der Waals surface area contributed by atoms with E-state index in [1.807, 2.05) is 11.8 Å². The number of hydrogen-bond donors (Lipinski definition) is 0. The lowest BCUT2D eigenvalue weighted by atomic mass is 9.63. The Bertz CT molecular complexity index is 3090. The van der Waals surface area contributed by atoms with Crippen molar-refractivity contribution in [2.24, 2.45) is 0 Å². The van der Waals surface area contributed by atoms with Gasteiger partial charge in [0, 0.05) is 32.7 Å². The number of thioether (sulfide) groups is 1. The fourth-order valence-corrected chi connectivity index (χ4v) is 10.3. The molecule has 3 heteroatoms. The molecular formula is C56H40N2S. The molecule has 0 amide bonds. The third-order valence-electron chi connectivity index (χ3n) is 12.2. The summed E-state index contributed by atoms with van der Waals surface area (Å²) < 4.78 is 2.51. The van der Waals surface area contributed by atoms with E-state index >= 15 is 0 Å². The van der Waals surface area contributed by atoms with E-state index in [2.05, 4.69) is 240 Å². The molecule has 0 radical (unpaired) electrons. The minimum Gasteiger partial charge on any atom is -0.311 e. The summed E-state index contributed by atoms with van der Waals surface area (Å²) in [5.74, 6) is 0. The largest absolute Gasteiger partial charge is 0.311 e. The van der Waals surface area contributed by atoms with E-state index in [1.165, 1.54) is 76.9 Å². The zero-order chi connectivity index (χ0) is 39.3. The zero-order valence-corrected chi connectivity index (χ0v) is 33.5. The molecule has 11 rings (SSSR count). The Morgan fingerprint density at radius 1 is 0.407 bits per heavy atom. The van der Waals surface area contributed by atoms with Crippen molar-refractivity contribution in [1.82, 2.24) is 4.57 Å². The van der Waals surface area contributed by atoms with Crippen LogP contribution in [0.5, 0.6) is 0 Å². The van der Waals surface area contributed by atoms with Gasteiger partial charge in [-0.15, -0.1) is 11.8 Å². The molecule has 59 heavy (non-hydrogen) atoms. The molecule has 0 aliphatic carbocycles. The average molecular weight is 773 g/mol. The van der Waals surface area contributed by atoms with Crippen LogP contribution in [0.25, 0.3) is 49.7 Å². The predicted molar refractivity (Wildman–Crippen MR) is 250 cm³/mol. The van der Waals surface area contributed by atoms with Crippen LogP contribution >= 0.6 is 11.8 Å². The van der Waals surface area contributed by atoms with E-state index in [-0.39, 0.29) is 0 Å². The first-order valence-corrected chi connectivity index (χ1v) is 21.4. The van der Waals surface area contributed by atoms with E-state index in [0.717, 1.165) is 17.1 Å². The monoisotopic (exact) mass is 772 g/mol. The maximum absolute atomic E-state index is 2.51. The van der Waals surface area contributed by atoms with Gasteiger partial charge in [0.05, 0.1) is 22.1 Å². The van der Waals surface area contributed by atoms with Gasteiger partial charge in [0.1, 0.15) is 0 Å². The molecule has 1 aromatic heterocycles. The summed E-state index contributed by atoms with van der Waals surface area (Å²) in [6.07, 6.45) is 2.20. The molecule has 1 aliphatic rings. The van der Waals surface area contributed by atoms with E-state index in [0.29, 0.717) is 0 Å². The smallest absolute Gasteiger partial charge is 0.0753 e. The molecule has 0 fully saturated rings. The molecule has 0 N–H and O–H groups in total. The first-order valence-electron chi connectivity index (χ1n) is 20.2. The highest BCUT2D eigenvalue weighted by Crippen LogP contribution is 2.56. The molecule has 1 atom stereocenters. The molecule has 9 aromatic carbocycles. The summed E-state index contributed by atoms with van der Waals surface area (Å²) in [5.41, 5.74) is 16.5. The van der Waals surface area contributed by atoms with Gasteiger partial charge in [-0.3, -0.25) is 0 Å². The number of fused-ring (bicyclic) bond motifs is 5. The highest BCUT2D eigenvalue weighted by molar-refractivity contribution is 7.98. The fraction of sp³-hybridized carbons (Fsp3) is 0.0357. The molecule has 0 bridgehead atoms. The Labute approximate surface area is 349 Å². The Balaban J connectivity index is 1.03. The van der Waals surface area contributed by atoms with Crippen LogP contribution in [0.2, 0.25) is 0 Å². The van der Waals surface area contributed by atoms with Crippen molar-refractivity contribution in [3.63, 3.8) is 0 Å². The van der Waals surface area contributed by atoms with Crippen LogP contribution in [-0.4, -0.2) is 10.8 Å². The molecule has 0 spiro atoms. The van der Waals surface area contributed by atoms with Crippen LogP contribution in [0.15, 0.2) is 229 Å². The Morgan fingerprint density at radius 3 is 1.64 bits per heavy atom. The fourth-order valence-electron chi connectivity index (χ4n) is 9.60. The minimum absolute atomic E-state index is 0.564. The van der Waals surface area contributed by atoms with Crippen LogP contribution in [-0.2, 0) is 5.41 Å². The van der Waals surface area contributed by atoms with Crippen molar-refractivity contribution < 1.29 is 0 Å². The molecule has 2 heterocycles. The van der Waals surface area contributed by atoms with Gasteiger partial charge < -0.3 is 9.47 Å². The molecule has 1 unspecified atom stereocenters. The van der Waals surface area contributed by atoms with Crippen LogP contribution in [0.1, 0.15) is 22.3 Å². The van der Waals surface area contributed by atoms with Gasteiger partial charge >= 0.3 is 0 Å². The van der Waals surface area contributed by atoms with Gasteiger partial charge in [-0.05, 0) is 111 Å². The summed E-state index contributed by atoms with van der Waals surface area (Å²) in [6, 6.07) is 82.3. The molecule has 0 saturated carbocycles. The summed E-state index contributed by atoms with van der Waals surface area (Å²) in [4.78, 5) is 3.58. The number of anilines is 3. The van der Waals surface area contributed by atoms with E-state index < -0.39 is 5.41 Å². The first kappa shape index (κ1) is 35.1. The van der Waals surface area contributed by atoms with Crippen molar-refractivity contribution in [3.05, 3.63) is 247 Å². The second-order valence-electron chi connectivity index (χ2n) is 15.2. The Morgan fingerprint density at radius 2 is 0.932 bits per heavy atom. The van der Waals surface area contributed by atoms with Crippen molar-refractivity contribution in [1.29, 1.82) is 0 Å². The molecule has 2 nitrogen and oxygen atoms in total. The van der Waals surface area contributed by atoms with Crippen molar-refractivity contribution in [2.75, 3.05) is 11.2 Å². The highest BCUT2D eigenvalue weighted by Gasteiger charge is 2.46. The van der Waals surface area contributed by atoms with Crippen LogP contribution in [0, 0.1) is 0 Å². The van der Waals surface area contributed by atoms with Crippen LogP contribution < -0.4 is 4.90 Å². The number of aromatic nitrogens is 1. The molecule has 280 valence electrons. The third-order valence-corrected chi connectivity index (χ3v) is 13.0. The second-order valence-corrected chi connectivity index (χ2v) is 16.1. The second kappa shape index (κ2) is 14.4. The van der Waals surface area contributed by atoms with Gasteiger partial charge in [0.2, 0.25) is 0 Å².